The van der Waals surface area contributed by atoms with Gasteiger partial charge in [0.15, 0.2) is 0 Å². The first-order valence-electron chi connectivity index (χ1n) is 5.91. The van der Waals surface area contributed by atoms with Crippen molar-refractivity contribution >= 4 is 11.9 Å². The number of carbonyl (C=O) groups is 2. The molecule has 4 N–H and O–H groups in total. The highest BCUT2D eigenvalue weighted by Gasteiger charge is 2.20. The first-order chi connectivity index (χ1) is 7.92. The Labute approximate surface area is 103 Å². The third-order valence-corrected chi connectivity index (χ3v) is 2.62. The van der Waals surface area contributed by atoms with E-state index in [9.17, 15) is 9.59 Å². The van der Waals surface area contributed by atoms with Crippen LogP contribution in [0.25, 0.3) is 0 Å². The maximum atomic E-state index is 11.7. The molecule has 2 atom stereocenters. The molecule has 0 aliphatic rings. The first kappa shape index (κ1) is 15.9. The van der Waals surface area contributed by atoms with Crippen LogP contribution < -0.4 is 16.4 Å². The Hall–Kier alpha value is -1.14. The summed E-state index contributed by atoms with van der Waals surface area (Å²) in [6.07, 6.45) is 0. The fourth-order valence-corrected chi connectivity index (χ4v) is 1.35. The standard InChI is InChI=1S/C11H24N4O2/c1-5-13-11(17)14-10(16)9(3)15(4)7-8(2)6-12/h8-9H,5-7,12H2,1-4H3,(H2,13,14,16,17). The quantitative estimate of drug-likeness (QED) is 0.601. The molecule has 6 nitrogen and oxygen atoms in total. The molecule has 0 spiro atoms. The van der Waals surface area contributed by atoms with E-state index < -0.39 is 6.03 Å². The number of nitrogens with zero attached hydrogens (tertiary/aromatic N) is 1. The summed E-state index contributed by atoms with van der Waals surface area (Å²) in [5, 5.41) is 4.80. The van der Waals surface area contributed by atoms with Crippen LogP contribution in [0, 0.1) is 5.92 Å². The van der Waals surface area contributed by atoms with Crippen molar-refractivity contribution in [1.29, 1.82) is 0 Å². The van der Waals surface area contributed by atoms with E-state index in [2.05, 4.69) is 10.6 Å². The van der Waals surface area contributed by atoms with Crippen LogP contribution in [0.1, 0.15) is 20.8 Å². The smallest absolute Gasteiger partial charge is 0.321 e. The second-order valence-corrected chi connectivity index (χ2v) is 4.31. The third kappa shape index (κ3) is 6.23. The van der Waals surface area contributed by atoms with Gasteiger partial charge in [-0.25, -0.2) is 4.79 Å². The Kier molecular flexibility index (Phi) is 7.49. The first-order valence-corrected chi connectivity index (χ1v) is 5.91. The molecule has 0 rings (SSSR count). The average Bonchev–Trinajstić information content (AvgIpc) is 2.27. The van der Waals surface area contributed by atoms with Crippen molar-refractivity contribution in [3.63, 3.8) is 0 Å². The van der Waals surface area contributed by atoms with Crippen LogP contribution in [0.5, 0.6) is 0 Å². The highest BCUT2D eigenvalue weighted by Crippen LogP contribution is 2.01. The average molecular weight is 244 g/mol. The van der Waals surface area contributed by atoms with Crippen molar-refractivity contribution in [1.82, 2.24) is 15.5 Å². The molecule has 0 aromatic rings. The molecular formula is C11H24N4O2. The van der Waals surface area contributed by atoms with E-state index >= 15 is 0 Å². The van der Waals surface area contributed by atoms with E-state index in [1.165, 1.54) is 0 Å². The van der Waals surface area contributed by atoms with E-state index in [0.29, 0.717) is 19.0 Å². The Balaban J connectivity index is 4.15. The van der Waals surface area contributed by atoms with Crippen LogP contribution in [0.15, 0.2) is 0 Å². The molecule has 2 unspecified atom stereocenters. The SMILES string of the molecule is CCNC(=O)NC(=O)C(C)N(C)CC(C)CN. The lowest BCUT2D eigenvalue weighted by molar-refractivity contribution is -0.124. The number of likely N-dealkylation sites (N-methyl/N-ethyl adjacent to an activating group) is 1. The van der Waals surface area contributed by atoms with Crippen molar-refractivity contribution in [2.24, 2.45) is 11.7 Å². The van der Waals surface area contributed by atoms with Gasteiger partial charge in [0.25, 0.3) is 0 Å². The van der Waals surface area contributed by atoms with Gasteiger partial charge in [0, 0.05) is 13.1 Å². The highest BCUT2D eigenvalue weighted by atomic mass is 16.2. The van der Waals surface area contributed by atoms with E-state index in [-0.39, 0.29) is 11.9 Å². The molecule has 0 aliphatic carbocycles. The molecule has 6 heteroatoms. The molecule has 0 bridgehead atoms. The summed E-state index contributed by atoms with van der Waals surface area (Å²) in [5.74, 6) is 0.0161. The summed E-state index contributed by atoms with van der Waals surface area (Å²) >= 11 is 0. The molecule has 17 heavy (non-hydrogen) atoms. The number of carbonyl (C=O) groups excluding carboxylic acids is 2. The van der Waals surface area contributed by atoms with Gasteiger partial charge in [-0.15, -0.1) is 0 Å². The van der Waals surface area contributed by atoms with E-state index in [0.717, 1.165) is 6.54 Å². The maximum Gasteiger partial charge on any atom is 0.321 e. The molecule has 3 amide bonds. The second-order valence-electron chi connectivity index (χ2n) is 4.31. The van der Waals surface area contributed by atoms with Gasteiger partial charge < -0.3 is 11.1 Å². The monoisotopic (exact) mass is 244 g/mol. The number of imide groups is 1. The van der Waals surface area contributed by atoms with E-state index in [1.807, 2.05) is 18.9 Å². The Morgan fingerprint density at radius 1 is 1.35 bits per heavy atom. The number of rotatable bonds is 6. The molecule has 0 radical (unpaired) electrons. The molecular weight excluding hydrogens is 220 g/mol. The molecule has 100 valence electrons. The van der Waals surface area contributed by atoms with Gasteiger partial charge in [-0.2, -0.15) is 0 Å². The Morgan fingerprint density at radius 2 is 1.94 bits per heavy atom. The second kappa shape index (κ2) is 8.03. The van der Waals surface area contributed by atoms with E-state index in [4.69, 9.17) is 5.73 Å². The van der Waals surface area contributed by atoms with Crippen molar-refractivity contribution < 1.29 is 9.59 Å². The van der Waals surface area contributed by atoms with Crippen molar-refractivity contribution in [3.8, 4) is 0 Å². The summed E-state index contributed by atoms with van der Waals surface area (Å²) in [7, 11) is 1.84. The Bertz CT molecular complexity index is 258. The molecule has 0 saturated heterocycles. The van der Waals surface area contributed by atoms with Crippen LogP contribution in [0.3, 0.4) is 0 Å². The van der Waals surface area contributed by atoms with Gasteiger partial charge in [0.2, 0.25) is 5.91 Å². The minimum Gasteiger partial charge on any atom is -0.338 e. The van der Waals surface area contributed by atoms with Gasteiger partial charge in [0.1, 0.15) is 0 Å². The number of nitrogens with one attached hydrogen (secondary N) is 2. The minimum atomic E-state index is -0.454. The molecule has 0 saturated carbocycles. The number of hydrogen-bond acceptors (Lipinski definition) is 4. The van der Waals surface area contributed by atoms with Crippen LogP contribution in [0.4, 0.5) is 4.79 Å². The maximum absolute atomic E-state index is 11.7. The zero-order valence-electron chi connectivity index (χ0n) is 11.1. The van der Waals surface area contributed by atoms with Gasteiger partial charge in [-0.1, -0.05) is 6.92 Å². The summed E-state index contributed by atoms with van der Waals surface area (Å²) in [4.78, 5) is 24.8. The predicted octanol–water partition coefficient (Wildman–Crippen LogP) is -0.253. The number of nitrogens with two attached hydrogens (primary N) is 1. The fraction of sp³-hybridized carbons (Fsp3) is 0.818. The number of amides is 3. The lowest BCUT2D eigenvalue weighted by atomic mass is 10.1. The molecule has 0 aliphatic heterocycles. The van der Waals surface area contributed by atoms with Crippen molar-refractivity contribution in [2.75, 3.05) is 26.7 Å². The lowest BCUT2D eigenvalue weighted by Gasteiger charge is -2.25. The van der Waals surface area contributed by atoms with Crippen LogP contribution in [0.2, 0.25) is 0 Å². The van der Waals surface area contributed by atoms with Crippen LogP contribution >= 0.6 is 0 Å². The number of hydrogen-bond donors (Lipinski definition) is 3. The largest absolute Gasteiger partial charge is 0.338 e. The zero-order chi connectivity index (χ0) is 13.4. The highest BCUT2D eigenvalue weighted by molar-refractivity contribution is 5.96. The van der Waals surface area contributed by atoms with Crippen molar-refractivity contribution in [2.45, 2.75) is 26.8 Å². The summed E-state index contributed by atoms with van der Waals surface area (Å²) in [5.41, 5.74) is 5.53. The Morgan fingerprint density at radius 3 is 2.41 bits per heavy atom. The molecule has 0 fully saturated rings. The minimum absolute atomic E-state index is 0.303. The normalized spacial score (nSPS) is 14.2. The molecule has 0 aromatic carbocycles. The topological polar surface area (TPSA) is 87.5 Å². The zero-order valence-corrected chi connectivity index (χ0v) is 11.1. The van der Waals surface area contributed by atoms with E-state index in [1.54, 1.807) is 13.8 Å². The van der Waals surface area contributed by atoms with Crippen LogP contribution in [-0.4, -0.2) is 49.6 Å². The van der Waals surface area contributed by atoms with Gasteiger partial charge in [-0.05, 0) is 33.4 Å². The summed E-state index contributed by atoms with van der Waals surface area (Å²) < 4.78 is 0. The summed E-state index contributed by atoms with van der Waals surface area (Å²) in [6, 6.07) is -0.809. The molecule has 0 aromatic heterocycles. The fourth-order valence-electron chi connectivity index (χ4n) is 1.35. The predicted molar refractivity (Wildman–Crippen MR) is 67.5 cm³/mol. The van der Waals surface area contributed by atoms with Gasteiger partial charge in [0.05, 0.1) is 6.04 Å². The number of urea groups is 1. The lowest BCUT2D eigenvalue weighted by Crippen LogP contribution is -2.49. The third-order valence-electron chi connectivity index (χ3n) is 2.62. The summed E-state index contributed by atoms with van der Waals surface area (Å²) in [6.45, 7) is 7.37. The molecule has 0 heterocycles. The van der Waals surface area contributed by atoms with Crippen LogP contribution in [-0.2, 0) is 4.79 Å². The van der Waals surface area contributed by atoms with Crippen molar-refractivity contribution in [3.05, 3.63) is 0 Å². The van der Waals surface area contributed by atoms with Gasteiger partial charge >= 0.3 is 6.03 Å². The van der Waals surface area contributed by atoms with Gasteiger partial charge in [-0.3, -0.25) is 15.0 Å².